The van der Waals surface area contributed by atoms with Gasteiger partial charge in [-0.05, 0) is 38.5 Å². The van der Waals surface area contributed by atoms with Crippen LogP contribution in [0.4, 0.5) is 18.0 Å². The van der Waals surface area contributed by atoms with E-state index in [0.29, 0.717) is 39.0 Å². The van der Waals surface area contributed by atoms with Gasteiger partial charge in [-0.15, -0.1) is 0 Å². The largest absolute Gasteiger partial charge is 0.450 e. The fourth-order valence-corrected chi connectivity index (χ4v) is 6.17. The van der Waals surface area contributed by atoms with E-state index < -0.39 is 36.4 Å². The number of amides is 2. The van der Waals surface area contributed by atoms with Crippen molar-refractivity contribution in [1.82, 2.24) is 25.6 Å². The number of nitrogens with one attached hydrogen (secondary N) is 2. The molecule has 0 aromatic rings. The highest BCUT2D eigenvalue weighted by Crippen LogP contribution is 2.40. The van der Waals surface area contributed by atoms with Gasteiger partial charge in [-0.3, -0.25) is 15.5 Å². The third kappa shape index (κ3) is 5.59. The average Bonchev–Trinajstić information content (AvgIpc) is 3.30. The molecule has 3 heterocycles. The molecule has 4 aliphatic rings. The van der Waals surface area contributed by atoms with Gasteiger partial charge in [0.15, 0.2) is 0 Å². The van der Waals surface area contributed by atoms with Crippen LogP contribution in [0.3, 0.4) is 0 Å². The summed E-state index contributed by atoms with van der Waals surface area (Å²) in [5.41, 5.74) is 2.86. The quantitative estimate of drug-likeness (QED) is 0.557. The molecule has 0 bridgehead atoms. The molecular formula is C23H38F3N5O5. The number of ether oxygens (including phenoxy) is 3. The number of carbonyl (C=O) groups is 2. The molecule has 1 saturated carbocycles. The molecule has 36 heavy (non-hydrogen) atoms. The number of fused-ring (bicyclic) bond motifs is 1. The molecule has 3 aliphatic heterocycles. The van der Waals surface area contributed by atoms with Gasteiger partial charge in [-0.2, -0.15) is 13.2 Å². The van der Waals surface area contributed by atoms with Crippen LogP contribution in [0.1, 0.15) is 32.6 Å². The second-order valence-electron chi connectivity index (χ2n) is 10.0. The lowest BCUT2D eigenvalue weighted by atomic mass is 9.77. The normalized spacial score (nSPS) is 36.0. The first kappa shape index (κ1) is 27.4. The molecule has 0 spiro atoms. The summed E-state index contributed by atoms with van der Waals surface area (Å²) in [4.78, 5) is 28.6. The molecule has 206 valence electrons. The van der Waals surface area contributed by atoms with Crippen LogP contribution in [0.5, 0.6) is 0 Å². The van der Waals surface area contributed by atoms with Gasteiger partial charge in [0.2, 0.25) is 5.91 Å². The van der Waals surface area contributed by atoms with Gasteiger partial charge < -0.3 is 24.0 Å². The summed E-state index contributed by atoms with van der Waals surface area (Å²) in [6.45, 7) is 3.45. The molecule has 2 amide bonds. The number of halogens is 3. The summed E-state index contributed by atoms with van der Waals surface area (Å²) in [7, 11) is 3.23. The molecule has 1 aliphatic carbocycles. The molecule has 4 fully saturated rings. The lowest BCUT2D eigenvalue weighted by Gasteiger charge is -2.48. The Kier molecular flexibility index (Phi) is 8.65. The highest BCUT2D eigenvalue weighted by Gasteiger charge is 2.56. The summed E-state index contributed by atoms with van der Waals surface area (Å²) >= 11 is 0. The van der Waals surface area contributed by atoms with Crippen molar-refractivity contribution in [2.75, 3.05) is 53.6 Å². The minimum atomic E-state index is -4.43. The summed E-state index contributed by atoms with van der Waals surface area (Å²) in [5, 5.41) is 4.61. The summed E-state index contributed by atoms with van der Waals surface area (Å²) < 4.78 is 58.5. The Morgan fingerprint density at radius 1 is 0.972 bits per heavy atom. The summed E-state index contributed by atoms with van der Waals surface area (Å²) in [5.74, 6) is -0.886. The van der Waals surface area contributed by atoms with E-state index in [0.717, 1.165) is 6.42 Å². The van der Waals surface area contributed by atoms with E-state index in [-0.39, 0.29) is 43.6 Å². The van der Waals surface area contributed by atoms with Gasteiger partial charge in [0.05, 0.1) is 30.9 Å². The van der Waals surface area contributed by atoms with Crippen molar-refractivity contribution in [3.63, 3.8) is 0 Å². The number of hydrogen-bond acceptors (Lipinski definition) is 8. The minimum absolute atomic E-state index is 0.0159. The van der Waals surface area contributed by atoms with E-state index >= 15 is 0 Å². The molecular weight excluding hydrogens is 483 g/mol. The molecule has 0 aromatic heterocycles. The van der Waals surface area contributed by atoms with Crippen molar-refractivity contribution in [1.29, 1.82) is 0 Å². The maximum absolute atomic E-state index is 14.1. The Morgan fingerprint density at radius 3 is 2.25 bits per heavy atom. The molecule has 0 radical (unpaired) electrons. The zero-order valence-electron chi connectivity index (χ0n) is 21.1. The van der Waals surface area contributed by atoms with Crippen molar-refractivity contribution in [2.45, 2.75) is 69.2 Å². The van der Waals surface area contributed by atoms with E-state index in [1.807, 2.05) is 0 Å². The number of alkyl halides is 3. The number of nitrogens with zero attached hydrogens (tertiary/aromatic N) is 3. The first-order valence-electron chi connectivity index (χ1n) is 12.8. The van der Waals surface area contributed by atoms with Crippen molar-refractivity contribution in [2.24, 2.45) is 11.8 Å². The number of hydrazine groups is 1. The van der Waals surface area contributed by atoms with Gasteiger partial charge in [0, 0.05) is 53.0 Å². The zero-order chi connectivity index (χ0) is 26.0. The average molecular weight is 522 g/mol. The standard InChI is InChI=1S/C23H38F3N5O5/c1-4-36-22(33)30-9-7-29(8-10-30)21(32)15-13-27-31-19(23(24,25)26)12-16(28-20(15)31)14-5-6-17(34-2)18(11-14)35-3/h14-20,27-28H,4-13H2,1-3H3. The van der Waals surface area contributed by atoms with Crippen molar-refractivity contribution in [3.05, 3.63) is 0 Å². The monoisotopic (exact) mass is 521 g/mol. The summed E-state index contributed by atoms with van der Waals surface area (Å²) in [6, 6.07) is -2.09. The fraction of sp³-hybridized carbons (Fsp3) is 0.913. The lowest BCUT2D eigenvalue weighted by Crippen LogP contribution is -2.67. The number of piperazine rings is 1. The van der Waals surface area contributed by atoms with Crippen LogP contribution >= 0.6 is 0 Å². The molecule has 7 unspecified atom stereocenters. The fourth-order valence-electron chi connectivity index (χ4n) is 6.17. The molecule has 10 nitrogen and oxygen atoms in total. The van der Waals surface area contributed by atoms with Gasteiger partial charge in [0.1, 0.15) is 6.04 Å². The van der Waals surface area contributed by atoms with E-state index in [4.69, 9.17) is 14.2 Å². The third-order valence-electron chi connectivity index (χ3n) is 8.13. The Morgan fingerprint density at radius 2 is 1.64 bits per heavy atom. The van der Waals surface area contributed by atoms with E-state index in [1.165, 1.54) is 5.01 Å². The number of carbonyl (C=O) groups excluding carboxylic acids is 2. The zero-order valence-corrected chi connectivity index (χ0v) is 21.1. The first-order chi connectivity index (χ1) is 17.2. The van der Waals surface area contributed by atoms with E-state index in [1.54, 1.807) is 30.9 Å². The maximum Gasteiger partial charge on any atom is 0.409 e. The molecule has 3 saturated heterocycles. The van der Waals surface area contributed by atoms with Crippen LogP contribution in [0.15, 0.2) is 0 Å². The predicted octanol–water partition coefficient (Wildman–Crippen LogP) is 1.17. The Bertz CT molecular complexity index is 782. The molecule has 0 aromatic carbocycles. The molecule has 13 heteroatoms. The van der Waals surface area contributed by atoms with Crippen molar-refractivity contribution < 1.29 is 37.0 Å². The van der Waals surface area contributed by atoms with Crippen molar-refractivity contribution >= 4 is 12.0 Å². The highest BCUT2D eigenvalue weighted by molar-refractivity contribution is 5.80. The van der Waals surface area contributed by atoms with Crippen LogP contribution in [0.2, 0.25) is 0 Å². The van der Waals surface area contributed by atoms with E-state index in [2.05, 4.69) is 10.7 Å². The van der Waals surface area contributed by atoms with Gasteiger partial charge in [0.25, 0.3) is 0 Å². The Labute approximate surface area is 209 Å². The van der Waals surface area contributed by atoms with Crippen LogP contribution in [-0.4, -0.2) is 117 Å². The number of rotatable bonds is 5. The second kappa shape index (κ2) is 11.4. The molecule has 4 rings (SSSR count). The Balaban J connectivity index is 1.45. The predicted molar refractivity (Wildman–Crippen MR) is 123 cm³/mol. The maximum atomic E-state index is 14.1. The SMILES string of the molecule is CCOC(=O)N1CCN(C(=O)C2CNN3C2NC(C2CCC(OC)C(OC)C2)CC3C(F)(F)F)CC1. The number of hydrogen-bond donors (Lipinski definition) is 2. The van der Waals surface area contributed by atoms with Crippen LogP contribution in [-0.2, 0) is 19.0 Å². The first-order valence-corrected chi connectivity index (χ1v) is 12.8. The minimum Gasteiger partial charge on any atom is -0.450 e. The van der Waals surface area contributed by atoms with Crippen LogP contribution in [0.25, 0.3) is 0 Å². The third-order valence-corrected chi connectivity index (χ3v) is 8.13. The summed E-state index contributed by atoms with van der Waals surface area (Å²) in [6.07, 6.45) is -3.90. The van der Waals surface area contributed by atoms with Crippen molar-refractivity contribution in [3.8, 4) is 0 Å². The molecule has 2 N–H and O–H groups in total. The molecule has 7 atom stereocenters. The lowest BCUT2D eigenvalue weighted by molar-refractivity contribution is -0.212. The van der Waals surface area contributed by atoms with Gasteiger partial charge >= 0.3 is 12.3 Å². The van der Waals surface area contributed by atoms with Gasteiger partial charge in [-0.1, -0.05) is 0 Å². The smallest absolute Gasteiger partial charge is 0.409 e. The second-order valence-corrected chi connectivity index (χ2v) is 10.0. The van der Waals surface area contributed by atoms with Crippen LogP contribution in [0, 0.1) is 11.8 Å². The van der Waals surface area contributed by atoms with Crippen LogP contribution < -0.4 is 10.7 Å². The van der Waals surface area contributed by atoms with E-state index in [9.17, 15) is 22.8 Å². The van der Waals surface area contributed by atoms with Gasteiger partial charge in [-0.25, -0.2) is 9.80 Å². The number of methoxy groups -OCH3 is 2. The Hall–Kier alpha value is -1.67. The topological polar surface area (TPSA) is 95.6 Å². The highest BCUT2D eigenvalue weighted by atomic mass is 19.4.